The van der Waals surface area contributed by atoms with Gasteiger partial charge in [-0.05, 0) is 41.9 Å². The van der Waals surface area contributed by atoms with Gasteiger partial charge in [0.15, 0.2) is 0 Å². The molecule has 0 radical (unpaired) electrons. The van der Waals surface area contributed by atoms with Crippen molar-refractivity contribution in [1.82, 2.24) is 16.5 Å². The minimum atomic E-state index is -0.0346. The Kier molecular flexibility index (Phi) is 9.46. The highest BCUT2D eigenvalue weighted by atomic mass is 16.1. The maximum Gasteiger partial charge on any atom is 0.253 e. The quantitative estimate of drug-likeness (QED) is 0.718. The fourth-order valence-corrected chi connectivity index (χ4v) is 4.07. The second-order valence-corrected chi connectivity index (χ2v) is 8.71. The molecule has 6 N–H and O–H groups in total. The van der Waals surface area contributed by atoms with Gasteiger partial charge in [0.2, 0.25) is 0 Å². The van der Waals surface area contributed by atoms with Gasteiger partial charge in [-0.3, -0.25) is 4.79 Å². The number of amides is 1. The Balaban J connectivity index is 0.00000240. The topological polar surface area (TPSA) is 115 Å². The third kappa shape index (κ3) is 5.74. The number of carbonyl (C=O) groups is 1. The largest absolute Gasteiger partial charge is 0.412 e. The first-order chi connectivity index (χ1) is 13.8. The SMILES string of the molecule is CC(C)c1cccc(C(C)C)c1C(=O)NC1CCCN1c1cc(N(C)C)ccn1.N.O. The van der Waals surface area contributed by atoms with Crippen LogP contribution in [-0.4, -0.2) is 43.2 Å². The summed E-state index contributed by atoms with van der Waals surface area (Å²) in [7, 11) is 4.05. The number of hydrogen-bond acceptors (Lipinski definition) is 5. The van der Waals surface area contributed by atoms with Gasteiger partial charge in [-0.2, -0.15) is 0 Å². The highest BCUT2D eigenvalue weighted by molar-refractivity contribution is 5.98. The molecule has 0 aliphatic carbocycles. The summed E-state index contributed by atoms with van der Waals surface area (Å²) in [5.74, 6) is 1.54. The van der Waals surface area contributed by atoms with Crippen LogP contribution in [0.5, 0.6) is 0 Å². The molecule has 0 spiro atoms. The van der Waals surface area contributed by atoms with Gasteiger partial charge < -0.3 is 26.7 Å². The molecule has 1 aliphatic heterocycles. The summed E-state index contributed by atoms with van der Waals surface area (Å²) in [6.07, 6.45) is 3.78. The Morgan fingerprint density at radius 1 is 1.13 bits per heavy atom. The zero-order chi connectivity index (χ0) is 21.1. The number of anilines is 2. The summed E-state index contributed by atoms with van der Waals surface area (Å²) in [4.78, 5) is 22.3. The molecule has 1 unspecified atom stereocenters. The van der Waals surface area contributed by atoms with Crippen LogP contribution in [-0.2, 0) is 0 Å². The third-order valence-electron chi connectivity index (χ3n) is 5.69. The van der Waals surface area contributed by atoms with E-state index in [4.69, 9.17) is 0 Å². The summed E-state index contributed by atoms with van der Waals surface area (Å²) in [6, 6.07) is 10.3. The first-order valence-electron chi connectivity index (χ1n) is 10.6. The fraction of sp³-hybridized carbons (Fsp3) is 0.500. The lowest BCUT2D eigenvalue weighted by atomic mass is 9.88. The molecule has 0 bridgehead atoms. The van der Waals surface area contributed by atoms with Crippen LogP contribution in [0.3, 0.4) is 0 Å². The molecule has 1 aromatic heterocycles. The Morgan fingerprint density at radius 3 is 2.29 bits per heavy atom. The van der Waals surface area contributed by atoms with E-state index in [1.807, 2.05) is 26.4 Å². The van der Waals surface area contributed by atoms with E-state index in [0.717, 1.165) is 47.6 Å². The number of nitrogens with one attached hydrogen (secondary N) is 1. The number of rotatable bonds is 6. The molecule has 1 saturated heterocycles. The van der Waals surface area contributed by atoms with Crippen molar-refractivity contribution in [2.75, 3.05) is 30.4 Å². The van der Waals surface area contributed by atoms with E-state index in [1.54, 1.807) is 0 Å². The smallest absolute Gasteiger partial charge is 0.253 e. The van der Waals surface area contributed by atoms with Crippen molar-refractivity contribution in [2.45, 2.75) is 58.5 Å². The molecule has 1 aliphatic rings. The van der Waals surface area contributed by atoms with Crippen LogP contribution in [0.4, 0.5) is 11.5 Å². The zero-order valence-corrected chi connectivity index (χ0v) is 19.8. The van der Waals surface area contributed by atoms with E-state index >= 15 is 0 Å². The van der Waals surface area contributed by atoms with E-state index < -0.39 is 0 Å². The minimum Gasteiger partial charge on any atom is -0.412 e. The van der Waals surface area contributed by atoms with E-state index in [-0.39, 0.29) is 23.7 Å². The third-order valence-corrected chi connectivity index (χ3v) is 5.69. The number of pyridine rings is 1. The summed E-state index contributed by atoms with van der Waals surface area (Å²) in [5, 5.41) is 3.32. The molecule has 1 amide bonds. The predicted octanol–water partition coefficient (Wildman–Crippen LogP) is 4.09. The molecule has 172 valence electrons. The Morgan fingerprint density at radius 2 is 1.74 bits per heavy atom. The molecule has 0 saturated carbocycles. The number of benzene rings is 1. The fourth-order valence-electron chi connectivity index (χ4n) is 4.07. The monoisotopic (exact) mass is 429 g/mol. The standard InChI is InChI=1S/C24H34N4O.H3N.H2O/c1-16(2)19-9-7-10-20(17(3)4)23(19)24(29)26-21-11-8-14-28(21)22-15-18(27(5)6)12-13-25-22;;/h7,9-10,12-13,15-17,21H,8,11,14H2,1-6H3,(H,26,29);1H3;1H2. The van der Waals surface area contributed by atoms with E-state index in [0.29, 0.717) is 11.8 Å². The number of carbonyl (C=O) groups excluding carboxylic acids is 1. The second-order valence-electron chi connectivity index (χ2n) is 8.71. The van der Waals surface area contributed by atoms with Gasteiger partial charge >= 0.3 is 0 Å². The number of aromatic nitrogens is 1. The van der Waals surface area contributed by atoms with Crippen LogP contribution in [0.25, 0.3) is 0 Å². The average molecular weight is 430 g/mol. The van der Waals surface area contributed by atoms with Crippen molar-refractivity contribution in [3.8, 4) is 0 Å². The predicted molar refractivity (Wildman–Crippen MR) is 130 cm³/mol. The van der Waals surface area contributed by atoms with Gasteiger partial charge in [-0.25, -0.2) is 4.98 Å². The zero-order valence-electron chi connectivity index (χ0n) is 19.8. The van der Waals surface area contributed by atoms with Gasteiger partial charge in [0.05, 0.1) is 0 Å². The molecular formula is C24H39N5O2. The van der Waals surface area contributed by atoms with Crippen molar-refractivity contribution < 1.29 is 10.3 Å². The lowest BCUT2D eigenvalue weighted by molar-refractivity contribution is 0.0935. The van der Waals surface area contributed by atoms with Crippen molar-refractivity contribution in [3.63, 3.8) is 0 Å². The van der Waals surface area contributed by atoms with Gasteiger partial charge in [0.25, 0.3) is 5.91 Å². The number of hydrogen-bond donors (Lipinski definition) is 2. The Bertz CT molecular complexity index is 841. The molecule has 7 heteroatoms. The average Bonchev–Trinajstić information content (AvgIpc) is 3.15. The molecule has 2 heterocycles. The molecule has 2 aromatic rings. The molecule has 1 fully saturated rings. The highest BCUT2D eigenvalue weighted by Crippen LogP contribution is 2.29. The van der Waals surface area contributed by atoms with E-state index in [2.05, 4.69) is 72.1 Å². The molecule has 31 heavy (non-hydrogen) atoms. The van der Waals surface area contributed by atoms with Crippen LogP contribution in [0, 0.1) is 0 Å². The summed E-state index contributed by atoms with van der Waals surface area (Å²) in [5.41, 5.74) is 4.19. The molecular weight excluding hydrogens is 390 g/mol. The maximum atomic E-state index is 13.4. The Hall–Kier alpha value is -2.64. The van der Waals surface area contributed by atoms with Crippen LogP contribution in [0.1, 0.15) is 73.9 Å². The maximum absolute atomic E-state index is 13.4. The molecule has 3 rings (SSSR count). The first kappa shape index (κ1) is 26.4. The van der Waals surface area contributed by atoms with Crippen LogP contribution in [0.2, 0.25) is 0 Å². The normalized spacial score (nSPS) is 15.5. The Labute approximate surface area is 186 Å². The molecule has 1 atom stereocenters. The highest BCUT2D eigenvalue weighted by Gasteiger charge is 2.29. The van der Waals surface area contributed by atoms with Gasteiger partial charge in [-0.15, -0.1) is 0 Å². The summed E-state index contributed by atoms with van der Waals surface area (Å²) in [6.45, 7) is 9.49. The van der Waals surface area contributed by atoms with Crippen molar-refractivity contribution in [2.24, 2.45) is 0 Å². The van der Waals surface area contributed by atoms with Crippen LogP contribution in [0.15, 0.2) is 36.5 Å². The van der Waals surface area contributed by atoms with Gasteiger partial charge in [0.1, 0.15) is 12.0 Å². The van der Waals surface area contributed by atoms with Gasteiger partial charge in [-0.1, -0.05) is 45.9 Å². The summed E-state index contributed by atoms with van der Waals surface area (Å²) < 4.78 is 0. The van der Waals surface area contributed by atoms with Crippen molar-refractivity contribution in [1.29, 1.82) is 0 Å². The van der Waals surface area contributed by atoms with Crippen molar-refractivity contribution in [3.05, 3.63) is 53.2 Å². The van der Waals surface area contributed by atoms with Crippen LogP contribution >= 0.6 is 0 Å². The molecule has 7 nitrogen and oxygen atoms in total. The lowest BCUT2D eigenvalue weighted by Gasteiger charge is -2.28. The second kappa shape index (κ2) is 11.1. The van der Waals surface area contributed by atoms with Crippen LogP contribution < -0.4 is 21.3 Å². The van der Waals surface area contributed by atoms with E-state index in [9.17, 15) is 4.79 Å². The van der Waals surface area contributed by atoms with Gasteiger partial charge in [0, 0.05) is 44.2 Å². The lowest BCUT2D eigenvalue weighted by Crippen LogP contribution is -2.45. The first-order valence-corrected chi connectivity index (χ1v) is 10.6. The van der Waals surface area contributed by atoms with Crippen molar-refractivity contribution >= 4 is 17.4 Å². The number of nitrogens with zero attached hydrogens (tertiary/aromatic N) is 3. The summed E-state index contributed by atoms with van der Waals surface area (Å²) >= 11 is 0. The minimum absolute atomic E-state index is 0. The molecule has 1 aromatic carbocycles. The van der Waals surface area contributed by atoms with E-state index in [1.165, 1.54) is 0 Å².